The summed E-state index contributed by atoms with van der Waals surface area (Å²) in [4.78, 5) is 5.70. The molecule has 1 N–H and O–H groups in total. The van der Waals surface area contributed by atoms with Crippen LogP contribution < -0.4 is 0 Å². The molecule has 0 saturated heterocycles. The molecule has 0 saturated carbocycles. The molecule has 0 bridgehead atoms. The van der Waals surface area contributed by atoms with Crippen LogP contribution in [0.3, 0.4) is 0 Å². The van der Waals surface area contributed by atoms with E-state index in [9.17, 15) is 4.21 Å². The van der Waals surface area contributed by atoms with Crippen molar-refractivity contribution in [2.75, 3.05) is 19.8 Å². The molecule has 0 heterocycles. The van der Waals surface area contributed by atoms with Crippen molar-refractivity contribution in [3.8, 4) is 0 Å². The van der Waals surface area contributed by atoms with Crippen LogP contribution in [0, 0.1) is 0 Å². The lowest BCUT2D eigenvalue weighted by molar-refractivity contribution is -1.11. The summed E-state index contributed by atoms with van der Waals surface area (Å²) in [6.45, 7) is 8.00. The SMILES string of the molecule is CC(CS(=O)O)O[N+](C)(C)C(C)(C)C. The molecule has 0 aliphatic carbocycles. The molecule has 0 rings (SSSR count). The van der Waals surface area contributed by atoms with E-state index in [0.29, 0.717) is 4.65 Å². The van der Waals surface area contributed by atoms with Crippen LogP contribution in [0.4, 0.5) is 0 Å². The Hall–Kier alpha value is 0.0300. The van der Waals surface area contributed by atoms with Gasteiger partial charge in [-0.1, -0.05) is 0 Å². The topological polar surface area (TPSA) is 46.5 Å². The molecule has 0 aliphatic heterocycles. The summed E-state index contributed by atoms with van der Waals surface area (Å²) in [5.41, 5.74) is -0.0504. The van der Waals surface area contributed by atoms with Gasteiger partial charge in [0.05, 0.1) is 19.8 Å². The maximum Gasteiger partial charge on any atom is 0.155 e. The highest BCUT2D eigenvalue weighted by Crippen LogP contribution is 2.21. The molecule has 86 valence electrons. The van der Waals surface area contributed by atoms with Crippen LogP contribution in [-0.2, 0) is 15.9 Å². The number of nitrogens with zero attached hydrogens (tertiary/aromatic N) is 1. The molecule has 0 amide bonds. The molecule has 14 heavy (non-hydrogen) atoms. The average molecular weight is 224 g/mol. The van der Waals surface area contributed by atoms with E-state index in [0.717, 1.165) is 0 Å². The van der Waals surface area contributed by atoms with E-state index in [1.165, 1.54) is 0 Å². The van der Waals surface area contributed by atoms with Gasteiger partial charge in [0.25, 0.3) is 0 Å². The van der Waals surface area contributed by atoms with Crippen LogP contribution in [0.1, 0.15) is 27.7 Å². The zero-order chi connectivity index (χ0) is 11.6. The second-order valence-corrected chi connectivity index (χ2v) is 5.90. The lowest BCUT2D eigenvalue weighted by Crippen LogP contribution is -2.55. The van der Waals surface area contributed by atoms with Gasteiger partial charge in [-0.15, -0.1) is 0 Å². The van der Waals surface area contributed by atoms with Gasteiger partial charge in [0.2, 0.25) is 0 Å². The zero-order valence-corrected chi connectivity index (χ0v) is 10.7. The van der Waals surface area contributed by atoms with Gasteiger partial charge < -0.3 is 4.55 Å². The number of rotatable bonds is 4. The number of hydroxylamine groups is 3. The zero-order valence-electron chi connectivity index (χ0n) is 9.90. The lowest BCUT2D eigenvalue weighted by atomic mass is 10.1. The van der Waals surface area contributed by atoms with Gasteiger partial charge in [0, 0.05) is 0 Å². The van der Waals surface area contributed by atoms with E-state index >= 15 is 0 Å². The van der Waals surface area contributed by atoms with Gasteiger partial charge in [0.1, 0.15) is 11.6 Å². The molecule has 0 fully saturated rings. The highest BCUT2D eigenvalue weighted by molar-refractivity contribution is 7.79. The Kier molecular flexibility index (Phi) is 4.71. The molecule has 0 aromatic heterocycles. The first-order valence-corrected chi connectivity index (χ1v) is 5.94. The highest BCUT2D eigenvalue weighted by atomic mass is 32.2. The summed E-state index contributed by atoms with van der Waals surface area (Å²) < 4.78 is 19.6. The van der Waals surface area contributed by atoms with Crippen LogP contribution in [0.2, 0.25) is 0 Å². The van der Waals surface area contributed by atoms with Crippen molar-refractivity contribution in [1.29, 1.82) is 0 Å². The first-order chi connectivity index (χ1) is 6.06. The molecule has 5 heteroatoms. The van der Waals surface area contributed by atoms with E-state index in [1.54, 1.807) is 6.92 Å². The third-order valence-electron chi connectivity index (χ3n) is 2.44. The molecule has 2 unspecified atom stereocenters. The Morgan fingerprint density at radius 1 is 1.43 bits per heavy atom. The van der Waals surface area contributed by atoms with Crippen molar-refractivity contribution in [2.45, 2.75) is 39.3 Å². The Bertz CT molecular complexity index is 211. The molecule has 0 aromatic carbocycles. The molecule has 0 radical (unpaired) electrons. The first-order valence-electron chi connectivity index (χ1n) is 4.66. The molecule has 0 aliphatic rings. The predicted molar refractivity (Wildman–Crippen MR) is 58.0 cm³/mol. The van der Waals surface area contributed by atoms with Crippen molar-refractivity contribution in [3.05, 3.63) is 0 Å². The first kappa shape index (κ1) is 14.0. The summed E-state index contributed by atoms with van der Waals surface area (Å²) >= 11 is -1.79. The van der Waals surface area contributed by atoms with Crippen molar-refractivity contribution in [1.82, 2.24) is 0 Å². The monoisotopic (exact) mass is 224 g/mol. The van der Waals surface area contributed by atoms with Crippen LogP contribution in [0.15, 0.2) is 0 Å². The predicted octanol–water partition coefficient (Wildman–Crippen LogP) is 1.40. The minimum Gasteiger partial charge on any atom is -0.306 e. The Balaban J connectivity index is 4.29. The van der Waals surface area contributed by atoms with Crippen molar-refractivity contribution >= 4 is 11.1 Å². The van der Waals surface area contributed by atoms with E-state index in [4.69, 9.17) is 9.39 Å². The van der Waals surface area contributed by atoms with Gasteiger partial charge >= 0.3 is 0 Å². The summed E-state index contributed by atoms with van der Waals surface area (Å²) in [7, 11) is 3.88. The van der Waals surface area contributed by atoms with Gasteiger partial charge in [-0.3, -0.25) is 0 Å². The highest BCUT2D eigenvalue weighted by Gasteiger charge is 2.35. The molecule has 0 aromatic rings. The summed E-state index contributed by atoms with van der Waals surface area (Å²) in [5, 5.41) is 0. The Labute approximate surface area is 89.1 Å². The van der Waals surface area contributed by atoms with Gasteiger partial charge in [-0.2, -0.15) is 9.48 Å². The second-order valence-electron chi connectivity index (χ2n) is 4.93. The van der Waals surface area contributed by atoms with E-state index in [-0.39, 0.29) is 17.4 Å². The minimum absolute atomic E-state index is 0.0504. The van der Waals surface area contributed by atoms with Crippen LogP contribution >= 0.6 is 0 Å². The second kappa shape index (κ2) is 4.70. The summed E-state index contributed by atoms with van der Waals surface area (Å²) in [6.07, 6.45) is -0.227. The van der Waals surface area contributed by atoms with E-state index in [2.05, 4.69) is 20.8 Å². The van der Waals surface area contributed by atoms with Crippen LogP contribution in [0.25, 0.3) is 0 Å². The fourth-order valence-electron chi connectivity index (χ4n) is 0.839. The Morgan fingerprint density at radius 3 is 2.14 bits per heavy atom. The van der Waals surface area contributed by atoms with Crippen molar-refractivity contribution < 1.29 is 18.2 Å². The third kappa shape index (κ3) is 4.50. The average Bonchev–Trinajstić information content (AvgIpc) is 1.79. The van der Waals surface area contributed by atoms with Crippen molar-refractivity contribution in [2.24, 2.45) is 0 Å². The molecular weight excluding hydrogens is 202 g/mol. The maximum absolute atomic E-state index is 10.6. The number of hydrogen-bond acceptors (Lipinski definition) is 2. The molecule has 0 spiro atoms. The van der Waals surface area contributed by atoms with Gasteiger partial charge in [-0.25, -0.2) is 4.21 Å². The molecule has 2 atom stereocenters. The number of hydrogen-bond donors (Lipinski definition) is 1. The largest absolute Gasteiger partial charge is 0.306 e. The quantitative estimate of drug-likeness (QED) is 0.446. The third-order valence-corrected chi connectivity index (χ3v) is 3.19. The molecule has 4 nitrogen and oxygen atoms in total. The fraction of sp³-hybridized carbons (Fsp3) is 1.00. The maximum atomic E-state index is 10.6. The summed E-state index contributed by atoms with van der Waals surface area (Å²) in [6, 6.07) is 0. The lowest BCUT2D eigenvalue weighted by Gasteiger charge is -2.40. The Morgan fingerprint density at radius 2 is 1.86 bits per heavy atom. The molecular formula is C9H22NO3S+. The minimum atomic E-state index is -1.79. The smallest absolute Gasteiger partial charge is 0.155 e. The summed E-state index contributed by atoms with van der Waals surface area (Å²) in [5.74, 6) is 0.151. The van der Waals surface area contributed by atoms with Gasteiger partial charge in [0.15, 0.2) is 11.1 Å². The van der Waals surface area contributed by atoms with E-state index in [1.807, 2.05) is 14.1 Å². The standard InChI is InChI=1S/C9H21NO3S/c1-8(7-14(11)12)13-10(5,6)9(2,3)4/h8H,7H2,1-6H3/p+1. The van der Waals surface area contributed by atoms with Crippen LogP contribution in [-0.4, -0.2) is 44.9 Å². The fourth-order valence-corrected chi connectivity index (χ4v) is 1.30. The van der Waals surface area contributed by atoms with Gasteiger partial charge in [-0.05, 0) is 27.7 Å². The normalized spacial score (nSPS) is 17.9. The number of quaternary nitrogens is 1. The van der Waals surface area contributed by atoms with Crippen molar-refractivity contribution in [3.63, 3.8) is 0 Å². The van der Waals surface area contributed by atoms with Crippen LogP contribution in [0.5, 0.6) is 0 Å². The van der Waals surface area contributed by atoms with E-state index < -0.39 is 11.1 Å².